The van der Waals surface area contributed by atoms with E-state index < -0.39 is 5.97 Å². The van der Waals surface area contributed by atoms with Gasteiger partial charge in [-0.1, -0.05) is 0 Å². The molecule has 0 saturated carbocycles. The number of hydrogen-bond acceptors (Lipinski definition) is 5. The highest BCUT2D eigenvalue weighted by molar-refractivity contribution is 9.10. The Morgan fingerprint density at radius 1 is 1.43 bits per heavy atom. The zero-order valence-corrected chi connectivity index (χ0v) is 14.8. The second kappa shape index (κ2) is 7.40. The Morgan fingerprint density at radius 2 is 2.17 bits per heavy atom. The Kier molecular flexibility index (Phi) is 5.54. The standard InChI is InChI=1S/C14H18BrN5O3/c1-4-19-8-11(13(18-19)14(22)23-3)17-12(21)5-6-20-9(2)10(15)7-16-20/h7-8H,4-6H2,1-3H3,(H,17,21). The van der Waals surface area contributed by atoms with Crippen molar-refractivity contribution in [1.29, 1.82) is 0 Å². The molecule has 2 aromatic rings. The smallest absolute Gasteiger partial charge is 0.360 e. The third-order valence-electron chi connectivity index (χ3n) is 3.33. The fraction of sp³-hybridized carbons (Fsp3) is 0.429. The number of hydrogen-bond donors (Lipinski definition) is 1. The Hall–Kier alpha value is -2.16. The van der Waals surface area contributed by atoms with Crippen molar-refractivity contribution < 1.29 is 14.3 Å². The number of nitrogens with zero attached hydrogens (tertiary/aromatic N) is 4. The summed E-state index contributed by atoms with van der Waals surface area (Å²) >= 11 is 3.37. The normalized spacial score (nSPS) is 10.6. The van der Waals surface area contributed by atoms with Gasteiger partial charge in [-0.2, -0.15) is 10.2 Å². The molecule has 0 saturated heterocycles. The van der Waals surface area contributed by atoms with Crippen molar-refractivity contribution in [2.24, 2.45) is 0 Å². The third kappa shape index (κ3) is 3.98. The summed E-state index contributed by atoms with van der Waals surface area (Å²) in [5.41, 5.74) is 1.40. The summed E-state index contributed by atoms with van der Waals surface area (Å²) < 4.78 is 8.88. The minimum absolute atomic E-state index is 0.0979. The zero-order valence-electron chi connectivity index (χ0n) is 13.2. The van der Waals surface area contributed by atoms with Crippen molar-refractivity contribution in [1.82, 2.24) is 19.6 Å². The van der Waals surface area contributed by atoms with Crippen LogP contribution in [-0.2, 0) is 22.6 Å². The number of methoxy groups -OCH3 is 1. The van der Waals surface area contributed by atoms with Crippen molar-refractivity contribution in [3.05, 3.63) is 28.3 Å². The number of esters is 1. The SMILES string of the molecule is CCn1cc(NC(=O)CCn2ncc(Br)c2C)c(C(=O)OC)n1. The van der Waals surface area contributed by atoms with Gasteiger partial charge in [0.25, 0.3) is 0 Å². The molecule has 1 amide bonds. The van der Waals surface area contributed by atoms with Gasteiger partial charge in [0, 0.05) is 24.9 Å². The van der Waals surface area contributed by atoms with Crippen molar-refractivity contribution in [3.63, 3.8) is 0 Å². The highest BCUT2D eigenvalue weighted by Crippen LogP contribution is 2.17. The van der Waals surface area contributed by atoms with Crippen LogP contribution in [0, 0.1) is 6.92 Å². The molecule has 2 aromatic heterocycles. The van der Waals surface area contributed by atoms with E-state index in [0.717, 1.165) is 10.2 Å². The lowest BCUT2D eigenvalue weighted by molar-refractivity contribution is -0.116. The van der Waals surface area contributed by atoms with Gasteiger partial charge in [-0.15, -0.1) is 0 Å². The van der Waals surface area contributed by atoms with Gasteiger partial charge >= 0.3 is 5.97 Å². The molecule has 23 heavy (non-hydrogen) atoms. The Balaban J connectivity index is 2.03. The monoisotopic (exact) mass is 383 g/mol. The van der Waals surface area contributed by atoms with Gasteiger partial charge in [-0.25, -0.2) is 4.79 Å². The number of carbonyl (C=O) groups is 2. The third-order valence-corrected chi connectivity index (χ3v) is 4.11. The summed E-state index contributed by atoms with van der Waals surface area (Å²) in [5.74, 6) is -0.809. The molecular weight excluding hydrogens is 366 g/mol. The molecule has 0 aliphatic rings. The summed E-state index contributed by atoms with van der Waals surface area (Å²) in [7, 11) is 1.28. The molecule has 9 heteroatoms. The average Bonchev–Trinajstić information content (AvgIpc) is 3.09. The van der Waals surface area contributed by atoms with Crippen LogP contribution in [0.3, 0.4) is 0 Å². The number of aryl methyl sites for hydroxylation is 2. The maximum Gasteiger partial charge on any atom is 0.360 e. The summed E-state index contributed by atoms with van der Waals surface area (Å²) in [6.07, 6.45) is 3.53. The largest absolute Gasteiger partial charge is 0.464 e. The second-order valence-corrected chi connectivity index (χ2v) is 5.69. The molecule has 0 bridgehead atoms. The molecule has 0 aliphatic heterocycles. The van der Waals surface area contributed by atoms with E-state index in [1.165, 1.54) is 7.11 Å². The molecule has 0 radical (unpaired) electrons. The van der Waals surface area contributed by atoms with Crippen LogP contribution in [0.4, 0.5) is 5.69 Å². The number of halogens is 1. The first-order valence-corrected chi connectivity index (χ1v) is 7.89. The summed E-state index contributed by atoms with van der Waals surface area (Å²) in [4.78, 5) is 23.8. The van der Waals surface area contributed by atoms with Crippen LogP contribution in [0.2, 0.25) is 0 Å². The van der Waals surface area contributed by atoms with E-state index in [1.54, 1.807) is 21.8 Å². The van der Waals surface area contributed by atoms with Gasteiger partial charge in [0.2, 0.25) is 5.91 Å². The van der Waals surface area contributed by atoms with E-state index in [9.17, 15) is 9.59 Å². The minimum atomic E-state index is -0.584. The lowest BCUT2D eigenvalue weighted by atomic mass is 10.3. The van der Waals surface area contributed by atoms with Crippen LogP contribution in [0.25, 0.3) is 0 Å². The van der Waals surface area contributed by atoms with E-state index >= 15 is 0 Å². The molecule has 2 heterocycles. The van der Waals surface area contributed by atoms with Gasteiger partial charge in [0.1, 0.15) is 0 Å². The zero-order chi connectivity index (χ0) is 17.0. The van der Waals surface area contributed by atoms with Crippen molar-refractivity contribution in [2.75, 3.05) is 12.4 Å². The topological polar surface area (TPSA) is 91.0 Å². The number of amides is 1. The number of nitrogens with one attached hydrogen (secondary N) is 1. The maximum absolute atomic E-state index is 12.1. The first-order chi connectivity index (χ1) is 11.0. The summed E-state index contributed by atoms with van der Waals surface area (Å²) in [6.45, 7) is 4.83. The molecule has 1 N–H and O–H groups in total. The fourth-order valence-electron chi connectivity index (χ4n) is 1.99. The summed E-state index contributed by atoms with van der Waals surface area (Å²) in [6, 6.07) is 0. The Labute approximate surface area is 141 Å². The van der Waals surface area contributed by atoms with Crippen molar-refractivity contribution in [2.45, 2.75) is 33.4 Å². The molecule has 124 valence electrons. The lowest BCUT2D eigenvalue weighted by Gasteiger charge is -2.06. The van der Waals surface area contributed by atoms with Crippen LogP contribution < -0.4 is 5.32 Å². The van der Waals surface area contributed by atoms with Crippen LogP contribution in [0.15, 0.2) is 16.9 Å². The molecule has 0 aliphatic carbocycles. The molecule has 0 aromatic carbocycles. The quantitative estimate of drug-likeness (QED) is 0.770. The second-order valence-electron chi connectivity index (χ2n) is 4.84. The summed E-state index contributed by atoms with van der Waals surface area (Å²) in [5, 5.41) is 11.0. The predicted octanol–water partition coefficient (Wildman–Crippen LogP) is 1.99. The minimum Gasteiger partial charge on any atom is -0.464 e. The molecule has 8 nitrogen and oxygen atoms in total. The van der Waals surface area contributed by atoms with Crippen molar-refractivity contribution in [3.8, 4) is 0 Å². The number of carbonyl (C=O) groups excluding carboxylic acids is 2. The number of ether oxygens (including phenoxy) is 1. The van der Waals surface area contributed by atoms with E-state index in [4.69, 9.17) is 0 Å². The van der Waals surface area contributed by atoms with Crippen LogP contribution in [0.1, 0.15) is 29.5 Å². The highest BCUT2D eigenvalue weighted by Gasteiger charge is 2.19. The van der Waals surface area contributed by atoms with Gasteiger partial charge < -0.3 is 10.1 Å². The Bertz CT molecular complexity index is 722. The van der Waals surface area contributed by atoms with E-state index in [0.29, 0.717) is 18.8 Å². The Morgan fingerprint density at radius 3 is 2.74 bits per heavy atom. The van der Waals surface area contributed by atoms with Gasteiger partial charge in [-0.3, -0.25) is 14.2 Å². The van der Waals surface area contributed by atoms with Crippen molar-refractivity contribution >= 4 is 33.5 Å². The number of anilines is 1. The lowest BCUT2D eigenvalue weighted by Crippen LogP contribution is -2.17. The van der Waals surface area contributed by atoms with E-state index in [-0.39, 0.29) is 18.0 Å². The first-order valence-electron chi connectivity index (χ1n) is 7.09. The molecule has 0 unspecified atom stereocenters. The number of rotatable bonds is 6. The predicted molar refractivity (Wildman–Crippen MR) is 87.2 cm³/mol. The van der Waals surface area contributed by atoms with Gasteiger partial charge in [-0.05, 0) is 29.8 Å². The van der Waals surface area contributed by atoms with Crippen LogP contribution in [-0.4, -0.2) is 38.5 Å². The van der Waals surface area contributed by atoms with Crippen LogP contribution >= 0.6 is 15.9 Å². The number of aromatic nitrogens is 4. The van der Waals surface area contributed by atoms with Crippen LogP contribution in [0.5, 0.6) is 0 Å². The molecule has 0 spiro atoms. The maximum atomic E-state index is 12.1. The van der Waals surface area contributed by atoms with E-state index in [1.807, 2.05) is 13.8 Å². The first kappa shape index (κ1) is 17.2. The van der Waals surface area contributed by atoms with Gasteiger partial charge in [0.15, 0.2) is 5.69 Å². The molecule has 2 rings (SSSR count). The highest BCUT2D eigenvalue weighted by atomic mass is 79.9. The molecular formula is C14H18BrN5O3. The van der Waals surface area contributed by atoms with E-state index in [2.05, 4.69) is 36.2 Å². The molecule has 0 atom stereocenters. The molecule has 0 fully saturated rings. The average molecular weight is 384 g/mol. The van der Waals surface area contributed by atoms with Gasteiger partial charge in [0.05, 0.1) is 30.0 Å². The fourth-order valence-corrected chi connectivity index (χ4v) is 2.29.